The van der Waals surface area contributed by atoms with Crippen molar-refractivity contribution >= 4 is 28.8 Å². The summed E-state index contributed by atoms with van der Waals surface area (Å²) in [6.07, 6.45) is 0.253. The van der Waals surface area contributed by atoms with Gasteiger partial charge in [-0.1, -0.05) is 42.1 Å². The van der Waals surface area contributed by atoms with Gasteiger partial charge in [-0.05, 0) is 17.9 Å². The number of benzene rings is 1. The number of carbonyl (C=O) groups is 2. The van der Waals surface area contributed by atoms with Crippen molar-refractivity contribution in [3.05, 3.63) is 58.3 Å². The van der Waals surface area contributed by atoms with Crippen LogP contribution in [0.2, 0.25) is 0 Å². The van der Waals surface area contributed by atoms with E-state index in [1.54, 1.807) is 0 Å². The number of amidine groups is 1. The van der Waals surface area contributed by atoms with Gasteiger partial charge in [0.15, 0.2) is 5.17 Å². The third-order valence-corrected chi connectivity index (χ3v) is 6.11. The molecule has 0 N–H and O–H groups in total. The number of fused-ring (bicyclic) bond motifs is 1. The van der Waals surface area contributed by atoms with E-state index < -0.39 is 5.97 Å². The minimum Gasteiger partial charge on any atom is -0.466 e. The van der Waals surface area contributed by atoms with Gasteiger partial charge in [0.05, 0.1) is 44.1 Å². The molecule has 3 heterocycles. The smallest absolute Gasteiger partial charge is 0.338 e. The predicted molar refractivity (Wildman–Crippen MR) is 111 cm³/mol. The predicted octanol–water partition coefficient (Wildman–Crippen LogP) is 2.68. The molecule has 0 saturated carbocycles. The molecule has 0 bridgehead atoms. The number of amides is 1. The fourth-order valence-electron chi connectivity index (χ4n) is 3.77. The zero-order valence-corrected chi connectivity index (χ0v) is 17.3. The minimum atomic E-state index is -0.407. The van der Waals surface area contributed by atoms with Gasteiger partial charge >= 0.3 is 5.97 Å². The van der Waals surface area contributed by atoms with E-state index >= 15 is 0 Å². The number of aliphatic imine (C=N–C) groups is 1. The van der Waals surface area contributed by atoms with Crippen LogP contribution in [0, 0.1) is 0 Å². The molecule has 3 aliphatic rings. The van der Waals surface area contributed by atoms with Crippen molar-refractivity contribution in [1.29, 1.82) is 0 Å². The Morgan fingerprint density at radius 1 is 1.24 bits per heavy atom. The summed E-state index contributed by atoms with van der Waals surface area (Å²) in [6.45, 7) is 4.17. The van der Waals surface area contributed by atoms with E-state index in [0.29, 0.717) is 37.6 Å². The second kappa shape index (κ2) is 8.42. The van der Waals surface area contributed by atoms with E-state index in [2.05, 4.69) is 4.99 Å². The number of nitrogens with zero attached hydrogens (tertiary/aromatic N) is 3. The molecule has 3 aliphatic heterocycles. The second-order valence-corrected chi connectivity index (χ2v) is 7.80. The standard InChI is InChI=1S/C21H23N3O4S/c1-14-18(20(26)27-2)19(15-6-4-3-5-7-15)24-16(13-29-21(24)22-14)12-17(25)23-8-10-28-11-9-23/h3-7,13,19H,8-12H2,1-2H3. The molecule has 0 aromatic heterocycles. The SMILES string of the molecule is COC(=O)C1=C(C)N=C2SC=C(CC(=O)N3CCOCC3)N2C1c1ccccc1. The van der Waals surface area contributed by atoms with Gasteiger partial charge in [0.2, 0.25) is 5.91 Å². The van der Waals surface area contributed by atoms with Gasteiger partial charge in [0.25, 0.3) is 0 Å². The molecule has 1 atom stereocenters. The summed E-state index contributed by atoms with van der Waals surface area (Å²) in [5, 5.41) is 2.73. The molecule has 7 nitrogen and oxygen atoms in total. The summed E-state index contributed by atoms with van der Waals surface area (Å²) < 4.78 is 10.4. The number of morpholine rings is 1. The van der Waals surface area contributed by atoms with Gasteiger partial charge in [-0.25, -0.2) is 9.79 Å². The van der Waals surface area contributed by atoms with Gasteiger partial charge in [0, 0.05) is 18.8 Å². The average Bonchev–Trinajstić information content (AvgIpc) is 3.15. The molecule has 8 heteroatoms. The Morgan fingerprint density at radius 2 is 1.97 bits per heavy atom. The summed E-state index contributed by atoms with van der Waals surface area (Å²) in [4.78, 5) is 33.9. The summed E-state index contributed by atoms with van der Waals surface area (Å²) in [5.74, 6) is -0.353. The van der Waals surface area contributed by atoms with Gasteiger partial charge in [-0.2, -0.15) is 0 Å². The lowest BCUT2D eigenvalue weighted by Gasteiger charge is -2.36. The highest BCUT2D eigenvalue weighted by Gasteiger charge is 2.41. The van der Waals surface area contributed by atoms with Crippen molar-refractivity contribution < 1.29 is 19.1 Å². The maximum Gasteiger partial charge on any atom is 0.338 e. The number of hydrogen-bond acceptors (Lipinski definition) is 7. The molecule has 1 amide bonds. The maximum absolute atomic E-state index is 12.9. The van der Waals surface area contributed by atoms with Crippen molar-refractivity contribution in [2.24, 2.45) is 4.99 Å². The Hall–Kier alpha value is -2.58. The lowest BCUT2D eigenvalue weighted by atomic mass is 9.94. The Balaban J connectivity index is 1.67. The molecule has 152 valence electrons. The highest BCUT2D eigenvalue weighted by molar-refractivity contribution is 8.16. The molecule has 1 aromatic carbocycles. The zero-order chi connectivity index (χ0) is 20.4. The molecule has 1 aromatic rings. The van der Waals surface area contributed by atoms with Crippen molar-refractivity contribution in [1.82, 2.24) is 9.80 Å². The number of esters is 1. The first-order valence-electron chi connectivity index (χ1n) is 9.53. The molecule has 1 saturated heterocycles. The van der Waals surface area contributed by atoms with Gasteiger partial charge in [-0.15, -0.1) is 0 Å². The van der Waals surface area contributed by atoms with Crippen LogP contribution >= 0.6 is 11.8 Å². The normalized spacial score (nSPS) is 21.5. The Morgan fingerprint density at radius 3 is 2.66 bits per heavy atom. The first-order valence-corrected chi connectivity index (χ1v) is 10.4. The number of ether oxygens (including phenoxy) is 2. The minimum absolute atomic E-state index is 0.0547. The number of methoxy groups -OCH3 is 1. The van der Waals surface area contributed by atoms with Gasteiger partial charge in [0.1, 0.15) is 0 Å². The highest BCUT2D eigenvalue weighted by atomic mass is 32.2. The molecule has 1 unspecified atom stereocenters. The first-order chi connectivity index (χ1) is 14.1. The molecule has 0 aliphatic carbocycles. The quantitative estimate of drug-likeness (QED) is 0.707. The number of hydrogen-bond donors (Lipinski definition) is 0. The molecule has 29 heavy (non-hydrogen) atoms. The Kier molecular flexibility index (Phi) is 5.73. The maximum atomic E-state index is 12.9. The largest absolute Gasteiger partial charge is 0.466 e. The molecular weight excluding hydrogens is 390 g/mol. The van der Waals surface area contributed by atoms with Crippen LogP contribution < -0.4 is 0 Å². The van der Waals surface area contributed by atoms with Crippen molar-refractivity contribution in [2.45, 2.75) is 19.4 Å². The zero-order valence-electron chi connectivity index (χ0n) is 16.5. The van der Waals surface area contributed by atoms with Crippen LogP contribution in [0.1, 0.15) is 24.9 Å². The van der Waals surface area contributed by atoms with Crippen LogP contribution in [0.4, 0.5) is 0 Å². The number of thioether (sulfide) groups is 1. The lowest BCUT2D eigenvalue weighted by Crippen LogP contribution is -2.42. The van der Waals surface area contributed by atoms with Crippen LogP contribution in [0.3, 0.4) is 0 Å². The number of rotatable bonds is 4. The Labute approximate surface area is 174 Å². The third-order valence-electron chi connectivity index (χ3n) is 5.22. The van der Waals surface area contributed by atoms with E-state index in [0.717, 1.165) is 16.4 Å². The van der Waals surface area contributed by atoms with E-state index in [1.807, 2.05) is 52.5 Å². The first kappa shape index (κ1) is 19.7. The molecule has 0 radical (unpaired) electrons. The summed E-state index contributed by atoms with van der Waals surface area (Å²) in [6, 6.07) is 9.40. The van der Waals surface area contributed by atoms with Crippen LogP contribution in [0.5, 0.6) is 0 Å². The highest BCUT2D eigenvalue weighted by Crippen LogP contribution is 2.44. The van der Waals surface area contributed by atoms with E-state index in [1.165, 1.54) is 18.9 Å². The fourth-order valence-corrected chi connectivity index (χ4v) is 4.74. The summed E-state index contributed by atoms with van der Waals surface area (Å²) in [5.41, 5.74) is 2.92. The average molecular weight is 413 g/mol. The van der Waals surface area contributed by atoms with E-state index in [-0.39, 0.29) is 18.4 Å². The second-order valence-electron chi connectivity index (χ2n) is 6.97. The van der Waals surface area contributed by atoms with Crippen molar-refractivity contribution in [3.8, 4) is 0 Å². The molecule has 4 rings (SSSR count). The van der Waals surface area contributed by atoms with E-state index in [4.69, 9.17) is 9.47 Å². The van der Waals surface area contributed by atoms with Crippen LogP contribution in [-0.2, 0) is 19.1 Å². The fraction of sp³-hybridized carbons (Fsp3) is 0.381. The summed E-state index contributed by atoms with van der Waals surface area (Å²) >= 11 is 1.48. The molecule has 1 fully saturated rings. The lowest BCUT2D eigenvalue weighted by molar-refractivity contribution is -0.136. The van der Waals surface area contributed by atoms with Crippen LogP contribution in [-0.4, -0.2) is 60.3 Å². The number of allylic oxidation sites excluding steroid dienone is 1. The van der Waals surface area contributed by atoms with Crippen molar-refractivity contribution in [2.75, 3.05) is 33.4 Å². The monoisotopic (exact) mass is 413 g/mol. The number of carbonyl (C=O) groups excluding carboxylic acids is 2. The topological polar surface area (TPSA) is 71.4 Å². The molecule has 0 spiro atoms. The van der Waals surface area contributed by atoms with Crippen LogP contribution in [0.25, 0.3) is 0 Å². The summed E-state index contributed by atoms with van der Waals surface area (Å²) in [7, 11) is 1.38. The third kappa shape index (κ3) is 3.82. The Bertz CT molecular complexity index is 904. The van der Waals surface area contributed by atoms with Gasteiger partial charge < -0.3 is 19.3 Å². The van der Waals surface area contributed by atoms with Crippen LogP contribution in [0.15, 0.2) is 57.7 Å². The molecular formula is C21H23N3O4S. The van der Waals surface area contributed by atoms with Gasteiger partial charge in [-0.3, -0.25) is 4.79 Å². The van der Waals surface area contributed by atoms with E-state index in [9.17, 15) is 9.59 Å². The van der Waals surface area contributed by atoms with Crippen molar-refractivity contribution in [3.63, 3.8) is 0 Å².